The lowest BCUT2D eigenvalue weighted by molar-refractivity contribution is -0.129. The Morgan fingerprint density at radius 3 is 2.86 bits per heavy atom. The van der Waals surface area contributed by atoms with Crippen molar-refractivity contribution < 1.29 is 14.3 Å². The van der Waals surface area contributed by atoms with Crippen molar-refractivity contribution in [2.75, 3.05) is 26.7 Å². The number of carbonyl (C=O) groups is 2. The Hall–Kier alpha value is -2.89. The van der Waals surface area contributed by atoms with Crippen LogP contribution in [-0.2, 0) is 11.2 Å². The maximum Gasteiger partial charge on any atom is 0.253 e. The van der Waals surface area contributed by atoms with Crippen molar-refractivity contribution in [1.29, 1.82) is 0 Å². The Labute approximate surface area is 172 Å². The molecular formula is C23H29N3O3. The molecule has 6 heteroatoms. The van der Waals surface area contributed by atoms with Gasteiger partial charge in [0, 0.05) is 31.7 Å². The van der Waals surface area contributed by atoms with Crippen LogP contribution in [0.4, 0.5) is 0 Å². The third-order valence-corrected chi connectivity index (χ3v) is 5.17. The fourth-order valence-electron chi connectivity index (χ4n) is 3.61. The summed E-state index contributed by atoms with van der Waals surface area (Å²) < 4.78 is 5.24. The van der Waals surface area contributed by atoms with Crippen LogP contribution in [0.25, 0.3) is 0 Å². The fraction of sp³-hybridized carbons (Fsp3) is 0.435. The van der Waals surface area contributed by atoms with Crippen molar-refractivity contribution in [3.63, 3.8) is 0 Å². The standard InChI is InChI=1S/C23H29N3O3/c1-16(2)14-25-23(28)20-8-5-10-24-22(20)18-9-11-26(15-18)21(27)13-17-6-4-7-19(12-17)29-3/h4-8,10,12,16,18H,9,11,13-15H2,1-3H3,(H,25,28)/t18-/m0/s1. The van der Waals surface area contributed by atoms with E-state index in [-0.39, 0.29) is 17.7 Å². The van der Waals surface area contributed by atoms with Crippen molar-refractivity contribution in [2.24, 2.45) is 5.92 Å². The van der Waals surface area contributed by atoms with E-state index in [4.69, 9.17) is 4.74 Å². The van der Waals surface area contributed by atoms with Crippen LogP contribution in [0.5, 0.6) is 5.75 Å². The molecule has 0 radical (unpaired) electrons. The minimum Gasteiger partial charge on any atom is -0.497 e. The second kappa shape index (κ2) is 9.54. The molecule has 1 aliphatic rings. The maximum absolute atomic E-state index is 12.8. The average molecular weight is 396 g/mol. The lowest BCUT2D eigenvalue weighted by atomic mass is 9.98. The first-order valence-electron chi connectivity index (χ1n) is 10.1. The highest BCUT2D eigenvalue weighted by atomic mass is 16.5. The zero-order valence-electron chi connectivity index (χ0n) is 17.4. The van der Waals surface area contributed by atoms with E-state index in [1.807, 2.05) is 35.2 Å². The van der Waals surface area contributed by atoms with Crippen LogP contribution in [0.2, 0.25) is 0 Å². The molecule has 1 aromatic heterocycles. The SMILES string of the molecule is COc1cccc(CC(=O)N2CC[C@H](c3ncccc3C(=O)NCC(C)C)C2)c1. The minimum atomic E-state index is -0.0945. The molecule has 0 bridgehead atoms. The van der Waals surface area contributed by atoms with Crippen LogP contribution >= 0.6 is 0 Å². The minimum absolute atomic E-state index is 0.0743. The number of amides is 2. The monoisotopic (exact) mass is 395 g/mol. The summed E-state index contributed by atoms with van der Waals surface area (Å²) in [6, 6.07) is 11.2. The molecule has 0 saturated carbocycles. The first kappa shape index (κ1) is 20.8. The summed E-state index contributed by atoms with van der Waals surface area (Å²) in [5, 5.41) is 2.97. The number of aromatic nitrogens is 1. The summed E-state index contributed by atoms with van der Waals surface area (Å²) in [7, 11) is 1.62. The molecule has 1 aromatic carbocycles. The van der Waals surface area contributed by atoms with Gasteiger partial charge in [0.05, 0.1) is 24.8 Å². The Morgan fingerprint density at radius 2 is 2.10 bits per heavy atom. The summed E-state index contributed by atoms with van der Waals surface area (Å²) >= 11 is 0. The van der Waals surface area contributed by atoms with Gasteiger partial charge in [-0.15, -0.1) is 0 Å². The first-order chi connectivity index (χ1) is 14.0. The average Bonchev–Trinajstić information content (AvgIpc) is 3.22. The second-order valence-electron chi connectivity index (χ2n) is 7.89. The highest BCUT2D eigenvalue weighted by molar-refractivity contribution is 5.95. The topological polar surface area (TPSA) is 71.5 Å². The van der Waals surface area contributed by atoms with Gasteiger partial charge in [-0.25, -0.2) is 0 Å². The van der Waals surface area contributed by atoms with E-state index >= 15 is 0 Å². The first-order valence-corrected chi connectivity index (χ1v) is 10.1. The summed E-state index contributed by atoms with van der Waals surface area (Å²) in [5.74, 6) is 1.20. The zero-order chi connectivity index (χ0) is 20.8. The quantitative estimate of drug-likeness (QED) is 0.782. The van der Waals surface area contributed by atoms with Crippen LogP contribution in [0.15, 0.2) is 42.6 Å². The third-order valence-electron chi connectivity index (χ3n) is 5.17. The van der Waals surface area contributed by atoms with E-state index in [1.54, 1.807) is 19.4 Å². The third kappa shape index (κ3) is 5.34. The molecule has 0 aliphatic carbocycles. The molecule has 0 unspecified atom stereocenters. The van der Waals surface area contributed by atoms with E-state index in [0.717, 1.165) is 23.4 Å². The molecular weight excluding hydrogens is 366 g/mol. The van der Waals surface area contributed by atoms with E-state index in [0.29, 0.717) is 37.5 Å². The number of pyridine rings is 1. The van der Waals surface area contributed by atoms with Crippen LogP contribution < -0.4 is 10.1 Å². The smallest absolute Gasteiger partial charge is 0.253 e. The number of methoxy groups -OCH3 is 1. The van der Waals surface area contributed by atoms with Crippen molar-refractivity contribution in [3.05, 3.63) is 59.4 Å². The van der Waals surface area contributed by atoms with E-state index in [9.17, 15) is 9.59 Å². The predicted octanol–water partition coefficient (Wildman–Crippen LogP) is 3.03. The molecule has 3 rings (SSSR count). The van der Waals surface area contributed by atoms with Gasteiger partial charge in [0.25, 0.3) is 5.91 Å². The van der Waals surface area contributed by atoms with Crippen LogP contribution in [-0.4, -0.2) is 48.4 Å². The number of likely N-dealkylation sites (tertiary alicyclic amines) is 1. The second-order valence-corrected chi connectivity index (χ2v) is 7.89. The molecule has 1 atom stereocenters. The van der Waals surface area contributed by atoms with E-state index in [2.05, 4.69) is 24.1 Å². The van der Waals surface area contributed by atoms with Crippen LogP contribution in [0, 0.1) is 5.92 Å². The number of benzene rings is 1. The number of rotatable bonds is 7. The molecule has 6 nitrogen and oxygen atoms in total. The molecule has 1 saturated heterocycles. The van der Waals surface area contributed by atoms with Crippen molar-refractivity contribution in [1.82, 2.24) is 15.2 Å². The number of nitrogens with one attached hydrogen (secondary N) is 1. The Bertz CT molecular complexity index is 866. The molecule has 1 N–H and O–H groups in total. The largest absolute Gasteiger partial charge is 0.497 e. The molecule has 0 spiro atoms. The van der Waals surface area contributed by atoms with Crippen molar-refractivity contribution in [3.8, 4) is 5.75 Å². The van der Waals surface area contributed by atoms with Crippen molar-refractivity contribution >= 4 is 11.8 Å². The van der Waals surface area contributed by atoms with Gasteiger partial charge >= 0.3 is 0 Å². The van der Waals surface area contributed by atoms with Gasteiger partial charge < -0.3 is 15.0 Å². The molecule has 154 valence electrons. The highest BCUT2D eigenvalue weighted by Crippen LogP contribution is 2.28. The summed E-state index contributed by atoms with van der Waals surface area (Å²) in [5.41, 5.74) is 2.33. The zero-order valence-corrected chi connectivity index (χ0v) is 17.4. The Balaban J connectivity index is 1.66. The Morgan fingerprint density at radius 1 is 1.28 bits per heavy atom. The number of carbonyl (C=O) groups excluding carboxylic acids is 2. The summed E-state index contributed by atoms with van der Waals surface area (Å²) in [4.78, 5) is 31.7. The molecule has 1 fully saturated rings. The van der Waals surface area contributed by atoms with Crippen LogP contribution in [0.1, 0.15) is 47.8 Å². The number of ether oxygens (including phenoxy) is 1. The van der Waals surface area contributed by atoms with E-state index < -0.39 is 0 Å². The van der Waals surface area contributed by atoms with Crippen molar-refractivity contribution in [2.45, 2.75) is 32.6 Å². The highest BCUT2D eigenvalue weighted by Gasteiger charge is 2.30. The lowest BCUT2D eigenvalue weighted by Crippen LogP contribution is -2.31. The molecule has 2 heterocycles. The number of nitrogens with zero attached hydrogens (tertiary/aromatic N) is 2. The molecule has 2 aromatic rings. The molecule has 29 heavy (non-hydrogen) atoms. The van der Waals surface area contributed by atoms with Gasteiger partial charge in [0.1, 0.15) is 5.75 Å². The molecule has 1 aliphatic heterocycles. The summed E-state index contributed by atoms with van der Waals surface area (Å²) in [6.07, 6.45) is 2.87. The number of hydrogen-bond donors (Lipinski definition) is 1. The van der Waals surface area contributed by atoms with E-state index in [1.165, 1.54) is 0 Å². The Kier molecular flexibility index (Phi) is 6.86. The fourth-order valence-corrected chi connectivity index (χ4v) is 3.61. The van der Waals surface area contributed by atoms with Crippen LogP contribution in [0.3, 0.4) is 0 Å². The number of hydrogen-bond acceptors (Lipinski definition) is 4. The predicted molar refractivity (Wildman–Crippen MR) is 112 cm³/mol. The normalized spacial score (nSPS) is 16.1. The lowest BCUT2D eigenvalue weighted by Gasteiger charge is -2.18. The van der Waals surface area contributed by atoms with Gasteiger partial charge in [-0.3, -0.25) is 14.6 Å². The van der Waals surface area contributed by atoms with Gasteiger partial charge in [-0.05, 0) is 42.2 Å². The maximum atomic E-state index is 12.8. The van der Waals surface area contributed by atoms with Gasteiger partial charge in [0.15, 0.2) is 0 Å². The van der Waals surface area contributed by atoms with Gasteiger partial charge in [-0.1, -0.05) is 26.0 Å². The van der Waals surface area contributed by atoms with Gasteiger partial charge in [0.2, 0.25) is 5.91 Å². The van der Waals surface area contributed by atoms with Gasteiger partial charge in [-0.2, -0.15) is 0 Å². The summed E-state index contributed by atoms with van der Waals surface area (Å²) in [6.45, 7) is 6.02. The molecule has 2 amide bonds.